The first-order chi connectivity index (χ1) is 10.4. The van der Waals surface area contributed by atoms with Crippen molar-refractivity contribution in [1.29, 1.82) is 0 Å². The fourth-order valence-electron chi connectivity index (χ4n) is 2.83. The van der Waals surface area contributed by atoms with Gasteiger partial charge in [-0.3, -0.25) is 9.89 Å². The molecule has 1 saturated carbocycles. The van der Waals surface area contributed by atoms with Crippen LogP contribution in [0.1, 0.15) is 27.2 Å². The molecule has 0 spiro atoms. The molecule has 0 aliphatic heterocycles. The second-order valence-corrected chi connectivity index (χ2v) is 6.91. The number of hydrogen-bond donors (Lipinski definition) is 2. The normalized spacial score (nSPS) is 26.6. The number of aliphatic imine (C=N–C) groups is 1. The Balaban J connectivity index is 0.00000529. The molecule has 0 radical (unpaired) electrons. The van der Waals surface area contributed by atoms with E-state index in [9.17, 15) is 13.2 Å². The SMILES string of the molecule is CN=C(NCCN(C)CC(F)(F)F)NC1CC(C)(OC)C1(C)C.I. The summed E-state index contributed by atoms with van der Waals surface area (Å²) in [6.45, 7) is 6.09. The molecule has 2 atom stereocenters. The number of nitrogens with zero attached hydrogens (tertiary/aromatic N) is 2. The van der Waals surface area contributed by atoms with E-state index in [0.29, 0.717) is 12.5 Å². The van der Waals surface area contributed by atoms with Crippen molar-refractivity contribution in [3.8, 4) is 0 Å². The minimum atomic E-state index is -4.17. The highest BCUT2D eigenvalue weighted by Crippen LogP contribution is 2.51. The maximum Gasteiger partial charge on any atom is 0.401 e. The summed E-state index contributed by atoms with van der Waals surface area (Å²) in [6, 6.07) is 0.201. The number of rotatable bonds is 6. The summed E-state index contributed by atoms with van der Waals surface area (Å²) in [4.78, 5) is 5.37. The molecule has 0 aromatic carbocycles. The first-order valence-electron chi connectivity index (χ1n) is 7.73. The zero-order valence-electron chi connectivity index (χ0n) is 15.3. The minimum Gasteiger partial charge on any atom is -0.378 e. The zero-order chi connectivity index (χ0) is 17.9. The standard InChI is InChI=1S/C15H29F3N4O.HI/c1-13(2)11(9-14(13,3)23-6)21-12(19-4)20-7-8-22(5)10-15(16,17)18;/h11H,7-10H2,1-6H3,(H2,19,20,21);1H. The van der Waals surface area contributed by atoms with Crippen LogP contribution in [0.4, 0.5) is 13.2 Å². The molecule has 2 N–H and O–H groups in total. The van der Waals surface area contributed by atoms with Gasteiger partial charge in [0.2, 0.25) is 0 Å². The predicted octanol–water partition coefficient (Wildman–Crippen LogP) is 2.47. The second-order valence-electron chi connectivity index (χ2n) is 6.91. The molecule has 24 heavy (non-hydrogen) atoms. The van der Waals surface area contributed by atoms with Crippen molar-refractivity contribution < 1.29 is 17.9 Å². The van der Waals surface area contributed by atoms with Gasteiger partial charge < -0.3 is 15.4 Å². The first kappa shape index (κ1) is 23.7. The molecule has 0 aromatic rings. The lowest BCUT2D eigenvalue weighted by Gasteiger charge is -2.59. The third-order valence-corrected chi connectivity index (χ3v) is 5.05. The Hall–Kier alpha value is -0.290. The monoisotopic (exact) mass is 466 g/mol. The predicted molar refractivity (Wildman–Crippen MR) is 101 cm³/mol. The van der Waals surface area contributed by atoms with Crippen LogP contribution in [-0.2, 0) is 4.74 Å². The van der Waals surface area contributed by atoms with Crippen LogP contribution in [0.25, 0.3) is 0 Å². The molecule has 1 rings (SSSR count). The Labute approximate surface area is 159 Å². The van der Waals surface area contributed by atoms with Crippen molar-refractivity contribution in [2.45, 2.75) is 45.0 Å². The van der Waals surface area contributed by atoms with Gasteiger partial charge in [-0.25, -0.2) is 0 Å². The van der Waals surface area contributed by atoms with Crippen LogP contribution in [0.2, 0.25) is 0 Å². The Morgan fingerprint density at radius 2 is 1.92 bits per heavy atom. The summed E-state index contributed by atoms with van der Waals surface area (Å²) in [5.74, 6) is 0.599. The molecule has 0 aromatic heterocycles. The zero-order valence-corrected chi connectivity index (χ0v) is 17.6. The average molecular weight is 466 g/mol. The number of guanidine groups is 1. The lowest BCUT2D eigenvalue weighted by molar-refractivity contribution is -0.176. The fourth-order valence-corrected chi connectivity index (χ4v) is 2.83. The molecular weight excluding hydrogens is 436 g/mol. The van der Waals surface area contributed by atoms with E-state index in [1.807, 2.05) is 0 Å². The highest BCUT2D eigenvalue weighted by Gasteiger charge is 2.58. The van der Waals surface area contributed by atoms with Gasteiger partial charge in [0.1, 0.15) is 0 Å². The van der Waals surface area contributed by atoms with E-state index in [1.165, 1.54) is 11.9 Å². The van der Waals surface area contributed by atoms with Gasteiger partial charge in [0.25, 0.3) is 0 Å². The topological polar surface area (TPSA) is 48.9 Å². The first-order valence-corrected chi connectivity index (χ1v) is 7.73. The van der Waals surface area contributed by atoms with Gasteiger partial charge in [0, 0.05) is 38.7 Å². The van der Waals surface area contributed by atoms with Gasteiger partial charge in [-0.15, -0.1) is 24.0 Å². The molecule has 1 aliphatic carbocycles. The van der Waals surface area contributed by atoms with Crippen LogP contribution in [0.5, 0.6) is 0 Å². The maximum absolute atomic E-state index is 12.3. The number of halogens is 4. The quantitative estimate of drug-likeness (QED) is 0.359. The van der Waals surface area contributed by atoms with Crippen LogP contribution < -0.4 is 10.6 Å². The Morgan fingerprint density at radius 1 is 1.33 bits per heavy atom. The van der Waals surface area contributed by atoms with Crippen LogP contribution in [0, 0.1) is 5.41 Å². The Bertz CT molecular complexity index is 431. The molecule has 0 saturated heterocycles. The number of ether oxygens (including phenoxy) is 1. The van der Waals surface area contributed by atoms with E-state index in [2.05, 4.69) is 36.4 Å². The van der Waals surface area contributed by atoms with Gasteiger partial charge in [0.05, 0.1) is 12.1 Å². The van der Waals surface area contributed by atoms with Crippen molar-refractivity contribution >= 4 is 29.9 Å². The van der Waals surface area contributed by atoms with Crippen molar-refractivity contribution in [1.82, 2.24) is 15.5 Å². The summed E-state index contributed by atoms with van der Waals surface area (Å²) in [5, 5.41) is 6.38. The summed E-state index contributed by atoms with van der Waals surface area (Å²) in [6.07, 6.45) is -3.32. The summed E-state index contributed by atoms with van der Waals surface area (Å²) in [7, 11) is 4.81. The van der Waals surface area contributed by atoms with Gasteiger partial charge in [-0.2, -0.15) is 13.2 Å². The van der Waals surface area contributed by atoms with E-state index in [-0.39, 0.29) is 47.6 Å². The molecule has 9 heteroatoms. The summed E-state index contributed by atoms with van der Waals surface area (Å²) >= 11 is 0. The molecular formula is C15H30F3IN4O. The molecule has 1 fully saturated rings. The summed E-state index contributed by atoms with van der Waals surface area (Å²) in [5.41, 5.74) is -0.247. The van der Waals surface area contributed by atoms with Crippen molar-refractivity contribution in [2.24, 2.45) is 10.4 Å². The molecule has 0 bridgehead atoms. The lowest BCUT2D eigenvalue weighted by Crippen LogP contribution is -2.69. The van der Waals surface area contributed by atoms with Crippen LogP contribution in [0.3, 0.4) is 0 Å². The van der Waals surface area contributed by atoms with Gasteiger partial charge >= 0.3 is 6.18 Å². The highest BCUT2D eigenvalue weighted by atomic mass is 127. The molecule has 0 heterocycles. The second kappa shape index (κ2) is 8.88. The fraction of sp³-hybridized carbons (Fsp3) is 0.933. The average Bonchev–Trinajstić information content (AvgIpc) is 2.42. The third kappa shape index (κ3) is 5.91. The Kier molecular flexibility index (Phi) is 8.78. The number of alkyl halides is 3. The number of hydrogen-bond acceptors (Lipinski definition) is 3. The smallest absolute Gasteiger partial charge is 0.378 e. The van der Waals surface area contributed by atoms with Crippen LogP contribution in [-0.4, -0.2) is 69.5 Å². The number of likely N-dealkylation sites (N-methyl/N-ethyl adjacent to an activating group) is 1. The van der Waals surface area contributed by atoms with E-state index in [4.69, 9.17) is 4.74 Å². The van der Waals surface area contributed by atoms with Crippen LogP contribution >= 0.6 is 24.0 Å². The molecule has 1 aliphatic rings. The number of methoxy groups -OCH3 is 1. The highest BCUT2D eigenvalue weighted by molar-refractivity contribution is 14.0. The molecule has 2 unspecified atom stereocenters. The van der Waals surface area contributed by atoms with Crippen molar-refractivity contribution in [3.05, 3.63) is 0 Å². The van der Waals surface area contributed by atoms with E-state index in [1.54, 1.807) is 14.2 Å². The molecule has 0 amide bonds. The lowest BCUT2D eigenvalue weighted by atomic mass is 9.56. The molecule has 5 nitrogen and oxygen atoms in total. The van der Waals surface area contributed by atoms with Crippen molar-refractivity contribution in [3.63, 3.8) is 0 Å². The van der Waals surface area contributed by atoms with Crippen molar-refractivity contribution in [2.75, 3.05) is 40.8 Å². The molecule has 144 valence electrons. The number of nitrogens with one attached hydrogen (secondary N) is 2. The maximum atomic E-state index is 12.3. The summed E-state index contributed by atoms with van der Waals surface area (Å²) < 4.78 is 42.4. The third-order valence-electron chi connectivity index (χ3n) is 5.05. The van der Waals surface area contributed by atoms with Crippen LogP contribution in [0.15, 0.2) is 4.99 Å². The van der Waals surface area contributed by atoms with Gasteiger partial charge in [0.15, 0.2) is 5.96 Å². The van der Waals surface area contributed by atoms with Gasteiger partial charge in [-0.1, -0.05) is 13.8 Å². The Morgan fingerprint density at radius 3 is 2.33 bits per heavy atom. The van der Waals surface area contributed by atoms with E-state index >= 15 is 0 Å². The minimum absolute atomic E-state index is 0. The largest absolute Gasteiger partial charge is 0.401 e. The van der Waals surface area contributed by atoms with Gasteiger partial charge in [-0.05, 0) is 20.4 Å². The van der Waals surface area contributed by atoms with E-state index < -0.39 is 12.7 Å². The van der Waals surface area contributed by atoms with E-state index in [0.717, 1.165) is 6.42 Å².